The Labute approximate surface area is 115 Å². The van der Waals surface area contributed by atoms with Crippen LogP contribution in [-0.2, 0) is 4.79 Å². The first kappa shape index (κ1) is 13.9. The van der Waals surface area contributed by atoms with E-state index in [1.807, 2.05) is 25.1 Å². The predicted octanol–water partition coefficient (Wildman–Crippen LogP) is 2.25. The quantitative estimate of drug-likeness (QED) is 0.820. The van der Waals surface area contributed by atoms with Crippen molar-refractivity contribution in [2.45, 2.75) is 26.7 Å². The molecule has 0 radical (unpaired) electrons. The number of hydrogen-bond donors (Lipinski definition) is 2. The molecule has 1 aromatic carbocycles. The molecule has 4 nitrogen and oxygen atoms in total. The van der Waals surface area contributed by atoms with Crippen molar-refractivity contribution in [1.82, 2.24) is 4.90 Å². The second-order valence-corrected chi connectivity index (χ2v) is 5.58. The van der Waals surface area contributed by atoms with E-state index >= 15 is 0 Å². The van der Waals surface area contributed by atoms with Crippen LogP contribution in [0.4, 0.5) is 11.4 Å². The molecule has 0 spiro atoms. The maximum Gasteiger partial charge on any atom is 0.238 e. The van der Waals surface area contributed by atoms with E-state index in [4.69, 9.17) is 5.73 Å². The Balaban J connectivity index is 1.85. The molecule has 2 rings (SSSR count). The topological polar surface area (TPSA) is 58.4 Å². The molecule has 0 unspecified atom stereocenters. The molecule has 1 fully saturated rings. The highest BCUT2D eigenvalue weighted by atomic mass is 16.2. The van der Waals surface area contributed by atoms with Crippen LogP contribution in [0.2, 0.25) is 0 Å². The predicted molar refractivity (Wildman–Crippen MR) is 79.1 cm³/mol. The van der Waals surface area contributed by atoms with Gasteiger partial charge in [0.25, 0.3) is 0 Å². The molecule has 4 heteroatoms. The SMILES string of the molecule is Cc1ccc(NC(=O)CN2CCC(C)CC2)cc1N. The molecule has 1 heterocycles. The molecule has 19 heavy (non-hydrogen) atoms. The first-order chi connectivity index (χ1) is 9.04. The lowest BCUT2D eigenvalue weighted by Crippen LogP contribution is -2.38. The summed E-state index contributed by atoms with van der Waals surface area (Å²) in [6.45, 7) is 6.73. The van der Waals surface area contributed by atoms with E-state index in [-0.39, 0.29) is 5.91 Å². The normalized spacial score (nSPS) is 17.4. The fourth-order valence-corrected chi connectivity index (χ4v) is 2.34. The number of rotatable bonds is 3. The fourth-order valence-electron chi connectivity index (χ4n) is 2.34. The molecule has 1 aliphatic rings. The lowest BCUT2D eigenvalue weighted by atomic mass is 9.99. The molecule has 1 aliphatic heterocycles. The van der Waals surface area contributed by atoms with Gasteiger partial charge in [0.15, 0.2) is 0 Å². The van der Waals surface area contributed by atoms with Gasteiger partial charge in [-0.1, -0.05) is 13.0 Å². The van der Waals surface area contributed by atoms with Crippen molar-refractivity contribution < 1.29 is 4.79 Å². The van der Waals surface area contributed by atoms with E-state index < -0.39 is 0 Å². The van der Waals surface area contributed by atoms with Crippen LogP contribution in [0.15, 0.2) is 18.2 Å². The van der Waals surface area contributed by atoms with Crippen molar-refractivity contribution >= 4 is 17.3 Å². The number of benzene rings is 1. The summed E-state index contributed by atoms with van der Waals surface area (Å²) in [6.07, 6.45) is 2.37. The standard InChI is InChI=1S/C15H23N3O/c1-11-5-7-18(8-6-11)10-15(19)17-13-4-3-12(2)14(16)9-13/h3-4,9,11H,5-8,10,16H2,1-2H3,(H,17,19). The summed E-state index contributed by atoms with van der Waals surface area (Å²) in [4.78, 5) is 14.2. The van der Waals surface area contributed by atoms with Crippen molar-refractivity contribution in [2.75, 3.05) is 30.7 Å². The molecule has 0 atom stereocenters. The van der Waals surface area contributed by atoms with E-state index in [2.05, 4.69) is 17.1 Å². The summed E-state index contributed by atoms with van der Waals surface area (Å²) >= 11 is 0. The third kappa shape index (κ3) is 3.96. The number of nitrogen functional groups attached to an aromatic ring is 1. The van der Waals surface area contributed by atoms with Crippen LogP contribution in [-0.4, -0.2) is 30.4 Å². The molecule has 104 valence electrons. The minimum absolute atomic E-state index is 0.0396. The third-order valence-corrected chi connectivity index (χ3v) is 3.81. The number of hydrogen-bond acceptors (Lipinski definition) is 3. The summed E-state index contributed by atoms with van der Waals surface area (Å²) in [5.41, 5.74) is 8.35. The Morgan fingerprint density at radius 3 is 2.74 bits per heavy atom. The van der Waals surface area contributed by atoms with Crippen molar-refractivity contribution in [3.63, 3.8) is 0 Å². The second kappa shape index (κ2) is 6.06. The van der Waals surface area contributed by atoms with Gasteiger partial charge in [0.1, 0.15) is 0 Å². The molecule has 1 aromatic rings. The second-order valence-electron chi connectivity index (χ2n) is 5.58. The van der Waals surface area contributed by atoms with Crippen molar-refractivity contribution in [3.8, 4) is 0 Å². The van der Waals surface area contributed by atoms with Crippen LogP contribution in [0.1, 0.15) is 25.3 Å². The average molecular weight is 261 g/mol. The molecule has 1 saturated heterocycles. The Kier molecular flexibility index (Phi) is 4.43. The summed E-state index contributed by atoms with van der Waals surface area (Å²) < 4.78 is 0. The Hall–Kier alpha value is -1.55. The number of likely N-dealkylation sites (tertiary alicyclic amines) is 1. The Morgan fingerprint density at radius 1 is 1.42 bits per heavy atom. The number of anilines is 2. The number of amides is 1. The molecule has 3 N–H and O–H groups in total. The van der Waals surface area contributed by atoms with Crippen molar-refractivity contribution in [3.05, 3.63) is 23.8 Å². The van der Waals surface area contributed by atoms with E-state index in [0.29, 0.717) is 12.2 Å². The summed E-state index contributed by atoms with van der Waals surface area (Å²) in [7, 11) is 0. The number of piperidine rings is 1. The largest absolute Gasteiger partial charge is 0.398 e. The van der Waals surface area contributed by atoms with Gasteiger partial charge >= 0.3 is 0 Å². The molecular weight excluding hydrogens is 238 g/mol. The van der Waals surface area contributed by atoms with Gasteiger partial charge in [0, 0.05) is 11.4 Å². The van der Waals surface area contributed by atoms with E-state index in [1.165, 1.54) is 12.8 Å². The number of carbonyl (C=O) groups excluding carboxylic acids is 1. The molecule has 0 saturated carbocycles. The zero-order valence-corrected chi connectivity index (χ0v) is 11.8. The van der Waals surface area contributed by atoms with Gasteiger partial charge in [-0.2, -0.15) is 0 Å². The molecule has 1 amide bonds. The van der Waals surface area contributed by atoms with Crippen molar-refractivity contribution in [2.24, 2.45) is 5.92 Å². The highest BCUT2D eigenvalue weighted by Crippen LogP contribution is 2.18. The van der Waals surface area contributed by atoms with Crippen LogP contribution >= 0.6 is 0 Å². The summed E-state index contributed by atoms with van der Waals surface area (Å²) in [5.74, 6) is 0.828. The average Bonchev–Trinajstić information content (AvgIpc) is 2.37. The fraction of sp³-hybridized carbons (Fsp3) is 0.533. The Morgan fingerprint density at radius 2 is 2.11 bits per heavy atom. The maximum atomic E-state index is 12.0. The minimum Gasteiger partial charge on any atom is -0.398 e. The molecular formula is C15H23N3O. The van der Waals surface area contributed by atoms with Crippen LogP contribution in [0.25, 0.3) is 0 Å². The number of aryl methyl sites for hydroxylation is 1. The number of carbonyl (C=O) groups is 1. The number of nitrogens with one attached hydrogen (secondary N) is 1. The van der Waals surface area contributed by atoms with Gasteiger partial charge in [-0.15, -0.1) is 0 Å². The van der Waals surface area contributed by atoms with Gasteiger partial charge in [-0.25, -0.2) is 0 Å². The summed E-state index contributed by atoms with van der Waals surface area (Å²) in [6, 6.07) is 5.63. The first-order valence-electron chi connectivity index (χ1n) is 6.93. The third-order valence-electron chi connectivity index (χ3n) is 3.81. The molecule has 0 bridgehead atoms. The maximum absolute atomic E-state index is 12.0. The zero-order chi connectivity index (χ0) is 13.8. The number of nitrogens with two attached hydrogens (primary N) is 1. The van der Waals surface area contributed by atoms with E-state index in [9.17, 15) is 4.79 Å². The van der Waals surface area contributed by atoms with Crippen LogP contribution in [0.5, 0.6) is 0 Å². The first-order valence-corrected chi connectivity index (χ1v) is 6.93. The lowest BCUT2D eigenvalue weighted by molar-refractivity contribution is -0.117. The highest BCUT2D eigenvalue weighted by molar-refractivity contribution is 5.92. The van der Waals surface area contributed by atoms with Crippen LogP contribution in [0, 0.1) is 12.8 Å². The van der Waals surface area contributed by atoms with Crippen LogP contribution < -0.4 is 11.1 Å². The molecule has 0 aromatic heterocycles. The monoisotopic (exact) mass is 261 g/mol. The Bertz CT molecular complexity index is 451. The minimum atomic E-state index is 0.0396. The van der Waals surface area contributed by atoms with Crippen molar-refractivity contribution in [1.29, 1.82) is 0 Å². The van der Waals surface area contributed by atoms with Gasteiger partial charge in [0.05, 0.1) is 6.54 Å². The van der Waals surface area contributed by atoms with Gasteiger partial charge in [0.2, 0.25) is 5.91 Å². The van der Waals surface area contributed by atoms with Gasteiger partial charge in [-0.3, -0.25) is 9.69 Å². The van der Waals surface area contributed by atoms with Gasteiger partial charge in [-0.05, 0) is 56.5 Å². The summed E-state index contributed by atoms with van der Waals surface area (Å²) in [5, 5.41) is 2.91. The zero-order valence-electron chi connectivity index (χ0n) is 11.8. The number of nitrogens with zero attached hydrogens (tertiary/aromatic N) is 1. The van der Waals surface area contributed by atoms with E-state index in [0.717, 1.165) is 30.3 Å². The lowest BCUT2D eigenvalue weighted by Gasteiger charge is -2.29. The van der Waals surface area contributed by atoms with Crippen LogP contribution in [0.3, 0.4) is 0 Å². The molecule has 0 aliphatic carbocycles. The van der Waals surface area contributed by atoms with E-state index in [1.54, 1.807) is 0 Å². The highest BCUT2D eigenvalue weighted by Gasteiger charge is 2.17. The smallest absolute Gasteiger partial charge is 0.238 e. The van der Waals surface area contributed by atoms with Gasteiger partial charge < -0.3 is 11.1 Å².